The van der Waals surface area contributed by atoms with E-state index < -0.39 is 0 Å². The predicted molar refractivity (Wildman–Crippen MR) is 88.0 cm³/mol. The Morgan fingerprint density at radius 3 is 2.41 bits per heavy atom. The van der Waals surface area contributed by atoms with Crippen LogP contribution >= 0.6 is 0 Å². The fourth-order valence-electron chi connectivity index (χ4n) is 2.81. The first-order chi connectivity index (χ1) is 10.9. The van der Waals surface area contributed by atoms with Gasteiger partial charge in [0, 0.05) is 11.1 Å². The Balaban J connectivity index is 1.78. The van der Waals surface area contributed by atoms with Crippen LogP contribution in [0.3, 0.4) is 0 Å². The number of hydrogen-bond donors (Lipinski definition) is 1. The van der Waals surface area contributed by atoms with E-state index in [1.165, 1.54) is 5.56 Å². The van der Waals surface area contributed by atoms with Gasteiger partial charge < -0.3 is 4.74 Å². The molecule has 0 amide bonds. The lowest BCUT2D eigenvalue weighted by molar-refractivity contribution is 0.147. The van der Waals surface area contributed by atoms with Gasteiger partial charge in [0.25, 0.3) is 0 Å². The molecule has 3 aromatic rings. The van der Waals surface area contributed by atoms with Crippen LogP contribution < -0.4 is 0 Å². The second-order valence-corrected chi connectivity index (χ2v) is 5.36. The first-order valence-corrected chi connectivity index (χ1v) is 7.38. The Morgan fingerprint density at radius 2 is 1.64 bits per heavy atom. The van der Waals surface area contributed by atoms with E-state index in [1.807, 2.05) is 36.4 Å². The lowest BCUT2D eigenvalue weighted by Gasteiger charge is -2.16. The fourth-order valence-corrected chi connectivity index (χ4v) is 2.81. The Labute approximate surface area is 129 Å². The quantitative estimate of drug-likeness (QED) is 0.769. The monoisotopic (exact) mass is 288 g/mol. The van der Waals surface area contributed by atoms with Crippen LogP contribution in [0.1, 0.15) is 16.8 Å². The molecule has 4 rings (SSSR count). The molecular weight excluding hydrogens is 272 g/mol. The van der Waals surface area contributed by atoms with Crippen molar-refractivity contribution in [2.24, 2.45) is 0 Å². The summed E-state index contributed by atoms with van der Waals surface area (Å²) in [5, 5.41) is 7.71. The number of nitrogens with zero attached hydrogens (tertiary/aromatic N) is 1. The molecule has 1 aliphatic rings. The average Bonchev–Trinajstić information content (AvgIpc) is 3.02. The molecule has 1 N–H and O–H groups in total. The smallest absolute Gasteiger partial charge is 0.0965 e. The van der Waals surface area contributed by atoms with Crippen LogP contribution in [0.2, 0.25) is 0 Å². The molecule has 0 atom stereocenters. The second-order valence-electron chi connectivity index (χ2n) is 5.36. The van der Waals surface area contributed by atoms with Crippen molar-refractivity contribution in [3.8, 4) is 11.3 Å². The van der Waals surface area contributed by atoms with Crippen molar-refractivity contribution in [2.45, 2.75) is 6.61 Å². The number of aromatic nitrogens is 2. The van der Waals surface area contributed by atoms with Crippen LogP contribution in [-0.2, 0) is 11.3 Å². The highest BCUT2D eigenvalue weighted by Crippen LogP contribution is 2.32. The molecule has 2 aromatic carbocycles. The molecule has 0 saturated heterocycles. The van der Waals surface area contributed by atoms with Crippen LogP contribution in [0, 0.1) is 0 Å². The molecule has 0 radical (unpaired) electrons. The lowest BCUT2D eigenvalue weighted by Crippen LogP contribution is -2.08. The van der Waals surface area contributed by atoms with E-state index in [9.17, 15) is 0 Å². The Bertz CT molecular complexity index is 804. The predicted octanol–water partition coefficient (Wildman–Crippen LogP) is 4.15. The number of benzene rings is 2. The van der Waals surface area contributed by atoms with Gasteiger partial charge in [-0.2, -0.15) is 5.10 Å². The first kappa shape index (κ1) is 13.0. The summed E-state index contributed by atoms with van der Waals surface area (Å²) in [5.74, 6) is 0. The third-order valence-electron chi connectivity index (χ3n) is 3.88. The van der Waals surface area contributed by atoms with Gasteiger partial charge in [0.15, 0.2) is 0 Å². The average molecular weight is 288 g/mol. The maximum absolute atomic E-state index is 5.77. The maximum atomic E-state index is 5.77. The van der Waals surface area contributed by atoms with Crippen molar-refractivity contribution in [2.75, 3.05) is 6.61 Å². The molecule has 108 valence electrons. The minimum Gasteiger partial charge on any atom is -0.372 e. The zero-order valence-electron chi connectivity index (χ0n) is 12.1. The summed E-state index contributed by atoms with van der Waals surface area (Å²) in [5.41, 5.74) is 6.63. The third-order valence-corrected chi connectivity index (χ3v) is 3.88. The highest BCUT2D eigenvalue weighted by Gasteiger charge is 2.22. The number of nitrogens with one attached hydrogen (secondary N) is 1. The highest BCUT2D eigenvalue weighted by atomic mass is 16.5. The number of fused-ring (bicyclic) bond motifs is 1. The van der Waals surface area contributed by atoms with Gasteiger partial charge in [-0.15, -0.1) is 0 Å². The van der Waals surface area contributed by atoms with Gasteiger partial charge in [0.05, 0.1) is 24.6 Å². The number of ether oxygens (including phenoxy) is 1. The van der Waals surface area contributed by atoms with Crippen LogP contribution in [-0.4, -0.2) is 16.8 Å². The molecule has 3 heteroatoms. The summed E-state index contributed by atoms with van der Waals surface area (Å²) in [6.07, 6.45) is 2.15. The summed E-state index contributed by atoms with van der Waals surface area (Å²) in [4.78, 5) is 0. The van der Waals surface area contributed by atoms with Gasteiger partial charge in [0.2, 0.25) is 0 Å². The van der Waals surface area contributed by atoms with Crippen molar-refractivity contribution in [1.29, 1.82) is 0 Å². The molecular formula is C19H16N2O. The molecule has 3 nitrogen and oxygen atoms in total. The molecule has 0 spiro atoms. The van der Waals surface area contributed by atoms with E-state index in [0.717, 1.165) is 28.1 Å². The molecule has 0 bridgehead atoms. The normalized spacial score (nSPS) is 15.7. The number of H-pyrrole nitrogens is 1. The number of rotatable bonds is 2. The molecule has 0 unspecified atom stereocenters. The minimum atomic E-state index is 0.598. The number of hydrogen-bond acceptors (Lipinski definition) is 2. The van der Waals surface area contributed by atoms with Gasteiger partial charge in [-0.3, -0.25) is 5.10 Å². The summed E-state index contributed by atoms with van der Waals surface area (Å²) in [6.45, 7) is 1.20. The van der Waals surface area contributed by atoms with Crippen molar-refractivity contribution < 1.29 is 4.74 Å². The lowest BCUT2D eigenvalue weighted by atomic mass is 9.99. The molecule has 1 aliphatic heterocycles. The summed E-state index contributed by atoms with van der Waals surface area (Å²) in [6, 6.07) is 20.5. The Hall–Kier alpha value is -2.65. The van der Waals surface area contributed by atoms with Gasteiger partial charge in [-0.1, -0.05) is 60.7 Å². The van der Waals surface area contributed by atoms with Gasteiger partial charge in [-0.25, -0.2) is 0 Å². The zero-order valence-corrected chi connectivity index (χ0v) is 12.1. The van der Waals surface area contributed by atoms with E-state index in [-0.39, 0.29) is 0 Å². The summed E-state index contributed by atoms with van der Waals surface area (Å²) < 4.78 is 5.77. The fraction of sp³-hybridized carbons (Fsp3) is 0.105. The summed E-state index contributed by atoms with van der Waals surface area (Å²) >= 11 is 0. The van der Waals surface area contributed by atoms with Gasteiger partial charge >= 0.3 is 0 Å². The largest absolute Gasteiger partial charge is 0.372 e. The second kappa shape index (κ2) is 5.62. The first-order valence-electron chi connectivity index (χ1n) is 7.38. The van der Waals surface area contributed by atoms with Crippen LogP contribution in [0.25, 0.3) is 22.9 Å². The molecule has 1 aromatic heterocycles. The van der Waals surface area contributed by atoms with E-state index >= 15 is 0 Å². The van der Waals surface area contributed by atoms with Crippen LogP contribution in [0.5, 0.6) is 0 Å². The van der Waals surface area contributed by atoms with Crippen molar-refractivity contribution >= 4 is 11.6 Å². The highest BCUT2D eigenvalue weighted by molar-refractivity contribution is 5.84. The van der Waals surface area contributed by atoms with E-state index in [1.54, 1.807) is 0 Å². The van der Waals surface area contributed by atoms with Crippen LogP contribution in [0.4, 0.5) is 0 Å². The van der Waals surface area contributed by atoms with Gasteiger partial charge in [-0.05, 0) is 17.2 Å². The molecule has 22 heavy (non-hydrogen) atoms. The Morgan fingerprint density at radius 1 is 0.909 bits per heavy atom. The Kier molecular flexibility index (Phi) is 3.33. The standard InChI is InChI=1S/C19H16N2O/c1-3-7-14(8-4-1)11-16-12-22-13-17-18(20-21-19(16)17)15-9-5-2-6-10-15/h1-11H,12-13H2,(H,20,21). The van der Waals surface area contributed by atoms with Gasteiger partial charge in [0.1, 0.15) is 0 Å². The number of aromatic amines is 1. The van der Waals surface area contributed by atoms with E-state index in [2.05, 4.69) is 40.5 Å². The SMILES string of the molecule is C(=C1COCc2c1n[nH]c2-c1ccccc1)c1ccccc1. The summed E-state index contributed by atoms with van der Waals surface area (Å²) in [7, 11) is 0. The topological polar surface area (TPSA) is 37.9 Å². The minimum absolute atomic E-state index is 0.598. The van der Waals surface area contributed by atoms with Crippen LogP contribution in [0.15, 0.2) is 60.7 Å². The van der Waals surface area contributed by atoms with Crippen molar-refractivity contribution in [3.63, 3.8) is 0 Å². The molecule has 0 aliphatic carbocycles. The zero-order chi connectivity index (χ0) is 14.8. The van der Waals surface area contributed by atoms with E-state index in [0.29, 0.717) is 13.2 Å². The third kappa shape index (κ3) is 2.36. The van der Waals surface area contributed by atoms with Crippen molar-refractivity contribution in [3.05, 3.63) is 77.5 Å². The molecule has 0 fully saturated rings. The maximum Gasteiger partial charge on any atom is 0.0965 e. The van der Waals surface area contributed by atoms with E-state index in [4.69, 9.17) is 4.74 Å². The van der Waals surface area contributed by atoms with Crippen molar-refractivity contribution in [1.82, 2.24) is 10.2 Å². The molecule has 0 saturated carbocycles. The molecule has 2 heterocycles.